The summed E-state index contributed by atoms with van der Waals surface area (Å²) in [4.78, 5) is 4.52. The first-order chi connectivity index (χ1) is 8.84. The zero-order valence-corrected chi connectivity index (χ0v) is 10.1. The zero-order valence-electron chi connectivity index (χ0n) is 10.1. The number of rotatable bonds is 4. The maximum atomic E-state index is 4.79. The van der Waals surface area contributed by atoms with Crippen LogP contribution in [0, 0.1) is 6.92 Å². The highest BCUT2D eigenvalue weighted by atomic mass is 16.5. The lowest BCUT2D eigenvalue weighted by Gasteiger charge is -2.04. The first kappa shape index (κ1) is 11.0. The third-order valence-corrected chi connectivity index (χ3v) is 2.92. The second kappa shape index (κ2) is 4.62. The van der Waals surface area contributed by atoms with Gasteiger partial charge in [0.25, 0.3) is 0 Å². The summed E-state index contributed by atoms with van der Waals surface area (Å²) in [5.74, 6) is 0. The van der Waals surface area contributed by atoms with Crippen LogP contribution in [0.1, 0.15) is 17.1 Å². The van der Waals surface area contributed by atoms with Crippen LogP contribution in [0.4, 0.5) is 0 Å². The molecule has 0 fully saturated rings. The number of aromatic nitrogens is 3. The lowest BCUT2D eigenvalue weighted by molar-refractivity contribution is 0.408. The summed E-state index contributed by atoms with van der Waals surface area (Å²) < 4.78 is 6.89. The molecule has 0 bridgehead atoms. The molecule has 0 spiro atoms. The van der Waals surface area contributed by atoms with Crippen molar-refractivity contribution in [2.24, 2.45) is 0 Å². The van der Waals surface area contributed by atoms with Crippen LogP contribution in [-0.2, 0) is 13.1 Å². The van der Waals surface area contributed by atoms with Crippen LogP contribution < -0.4 is 5.32 Å². The fourth-order valence-corrected chi connectivity index (χ4v) is 2.01. The molecule has 0 aliphatic heterocycles. The highest BCUT2D eigenvalue weighted by Crippen LogP contribution is 2.11. The van der Waals surface area contributed by atoms with Crippen molar-refractivity contribution in [2.45, 2.75) is 20.0 Å². The topological polar surface area (TPSA) is 55.4 Å². The SMILES string of the molecule is Cc1nc2ccccn2c1CNCc1ccon1. The standard InChI is InChI=1S/C13H14N4O/c1-10-12(9-14-8-11-5-7-18-16-11)17-6-3-2-4-13(17)15-10/h2-7,14H,8-9H2,1H3. The van der Waals surface area contributed by atoms with E-state index in [1.54, 1.807) is 6.26 Å². The lowest BCUT2D eigenvalue weighted by Crippen LogP contribution is -2.15. The van der Waals surface area contributed by atoms with E-state index in [0.29, 0.717) is 6.54 Å². The normalized spacial score (nSPS) is 11.2. The van der Waals surface area contributed by atoms with Crippen LogP contribution in [0.2, 0.25) is 0 Å². The molecule has 0 aliphatic rings. The van der Waals surface area contributed by atoms with Crippen molar-refractivity contribution in [3.63, 3.8) is 0 Å². The molecule has 0 amide bonds. The van der Waals surface area contributed by atoms with E-state index >= 15 is 0 Å². The fourth-order valence-electron chi connectivity index (χ4n) is 2.01. The molecule has 3 heterocycles. The number of pyridine rings is 1. The molecule has 92 valence electrons. The number of hydrogen-bond donors (Lipinski definition) is 1. The Bertz CT molecular complexity index is 642. The molecule has 0 aromatic carbocycles. The molecule has 0 saturated heterocycles. The van der Waals surface area contributed by atoms with Crippen molar-refractivity contribution in [1.82, 2.24) is 19.9 Å². The summed E-state index contributed by atoms with van der Waals surface area (Å²) in [7, 11) is 0. The Hall–Kier alpha value is -2.14. The van der Waals surface area contributed by atoms with E-state index in [2.05, 4.69) is 19.9 Å². The maximum Gasteiger partial charge on any atom is 0.137 e. The molecule has 5 nitrogen and oxygen atoms in total. The van der Waals surface area contributed by atoms with Crippen molar-refractivity contribution in [2.75, 3.05) is 0 Å². The van der Waals surface area contributed by atoms with Crippen molar-refractivity contribution in [3.8, 4) is 0 Å². The van der Waals surface area contributed by atoms with E-state index in [1.165, 1.54) is 5.69 Å². The van der Waals surface area contributed by atoms with E-state index in [0.717, 1.165) is 23.6 Å². The largest absolute Gasteiger partial charge is 0.364 e. The van der Waals surface area contributed by atoms with Gasteiger partial charge in [-0.3, -0.25) is 0 Å². The Morgan fingerprint density at radius 3 is 3.06 bits per heavy atom. The van der Waals surface area contributed by atoms with Gasteiger partial charge in [0.05, 0.1) is 17.1 Å². The van der Waals surface area contributed by atoms with Gasteiger partial charge in [-0.15, -0.1) is 0 Å². The van der Waals surface area contributed by atoms with Crippen LogP contribution in [-0.4, -0.2) is 14.5 Å². The Labute approximate surface area is 104 Å². The monoisotopic (exact) mass is 242 g/mol. The van der Waals surface area contributed by atoms with Gasteiger partial charge in [0.15, 0.2) is 0 Å². The van der Waals surface area contributed by atoms with Crippen LogP contribution in [0.5, 0.6) is 0 Å². The van der Waals surface area contributed by atoms with Gasteiger partial charge in [0.1, 0.15) is 11.9 Å². The predicted molar refractivity (Wildman–Crippen MR) is 67.0 cm³/mol. The molecule has 0 radical (unpaired) electrons. The van der Waals surface area contributed by atoms with E-state index in [1.807, 2.05) is 37.4 Å². The van der Waals surface area contributed by atoms with E-state index in [4.69, 9.17) is 4.52 Å². The molecule has 0 aliphatic carbocycles. The van der Waals surface area contributed by atoms with Crippen molar-refractivity contribution in [3.05, 3.63) is 53.8 Å². The quantitative estimate of drug-likeness (QED) is 0.759. The highest BCUT2D eigenvalue weighted by Gasteiger charge is 2.07. The molecule has 18 heavy (non-hydrogen) atoms. The van der Waals surface area contributed by atoms with Crippen molar-refractivity contribution in [1.29, 1.82) is 0 Å². The third-order valence-electron chi connectivity index (χ3n) is 2.92. The van der Waals surface area contributed by atoms with Gasteiger partial charge >= 0.3 is 0 Å². The Morgan fingerprint density at radius 2 is 2.22 bits per heavy atom. The first-order valence-electron chi connectivity index (χ1n) is 5.87. The highest BCUT2D eigenvalue weighted by molar-refractivity contribution is 5.42. The van der Waals surface area contributed by atoms with E-state index in [9.17, 15) is 0 Å². The number of aryl methyl sites for hydroxylation is 1. The van der Waals surface area contributed by atoms with Gasteiger partial charge in [-0.1, -0.05) is 11.2 Å². The minimum atomic E-state index is 0.690. The van der Waals surface area contributed by atoms with Gasteiger partial charge in [-0.05, 0) is 19.1 Å². The molecule has 5 heteroatoms. The first-order valence-corrected chi connectivity index (χ1v) is 5.87. The smallest absolute Gasteiger partial charge is 0.137 e. The number of fused-ring (bicyclic) bond motifs is 1. The molecule has 3 aromatic heterocycles. The Balaban J connectivity index is 1.76. The van der Waals surface area contributed by atoms with Crippen molar-refractivity contribution < 1.29 is 4.52 Å². The molecule has 1 N–H and O–H groups in total. The predicted octanol–water partition coefficient (Wildman–Crippen LogP) is 1.92. The molecule has 0 saturated carbocycles. The summed E-state index contributed by atoms with van der Waals surface area (Å²) in [5, 5.41) is 7.20. The van der Waals surface area contributed by atoms with Crippen LogP contribution >= 0.6 is 0 Å². The molecular formula is C13H14N4O. The minimum absolute atomic E-state index is 0.690. The maximum absolute atomic E-state index is 4.79. The number of nitrogens with zero attached hydrogens (tertiary/aromatic N) is 3. The Morgan fingerprint density at radius 1 is 1.28 bits per heavy atom. The number of imidazole rings is 1. The van der Waals surface area contributed by atoms with E-state index < -0.39 is 0 Å². The minimum Gasteiger partial charge on any atom is -0.364 e. The number of nitrogens with one attached hydrogen (secondary N) is 1. The summed E-state index contributed by atoms with van der Waals surface area (Å²) in [5.41, 5.74) is 4.11. The Kier molecular flexibility index (Phi) is 2.82. The second-order valence-electron chi connectivity index (χ2n) is 4.17. The third kappa shape index (κ3) is 2.00. The summed E-state index contributed by atoms with van der Waals surface area (Å²) in [6.45, 7) is 3.47. The van der Waals surface area contributed by atoms with E-state index in [-0.39, 0.29) is 0 Å². The summed E-state index contributed by atoms with van der Waals surface area (Å²) in [6, 6.07) is 7.87. The fraction of sp³-hybridized carbons (Fsp3) is 0.231. The molecule has 0 atom stereocenters. The molecular weight excluding hydrogens is 228 g/mol. The van der Waals surface area contributed by atoms with Crippen LogP contribution in [0.3, 0.4) is 0 Å². The van der Waals surface area contributed by atoms with Gasteiger partial charge in [0.2, 0.25) is 0 Å². The lowest BCUT2D eigenvalue weighted by atomic mass is 10.3. The van der Waals surface area contributed by atoms with Gasteiger partial charge < -0.3 is 14.2 Å². The van der Waals surface area contributed by atoms with Crippen LogP contribution in [0.25, 0.3) is 5.65 Å². The zero-order chi connectivity index (χ0) is 12.4. The summed E-state index contributed by atoms with van der Waals surface area (Å²) in [6.07, 6.45) is 3.61. The number of hydrogen-bond acceptors (Lipinski definition) is 4. The average Bonchev–Trinajstić information content (AvgIpc) is 2.98. The molecule has 3 rings (SSSR count). The molecule has 0 unspecified atom stereocenters. The van der Waals surface area contributed by atoms with Gasteiger partial charge in [-0.2, -0.15) is 0 Å². The van der Waals surface area contributed by atoms with Crippen LogP contribution in [0.15, 0.2) is 41.2 Å². The second-order valence-corrected chi connectivity index (χ2v) is 4.17. The summed E-state index contributed by atoms with van der Waals surface area (Å²) >= 11 is 0. The average molecular weight is 242 g/mol. The van der Waals surface area contributed by atoms with Gasteiger partial charge in [0, 0.05) is 25.4 Å². The van der Waals surface area contributed by atoms with Gasteiger partial charge in [-0.25, -0.2) is 4.98 Å². The molecule has 3 aromatic rings. The van der Waals surface area contributed by atoms with Crippen molar-refractivity contribution >= 4 is 5.65 Å².